The lowest BCUT2D eigenvalue weighted by Crippen LogP contribution is -2.39. The van der Waals surface area contributed by atoms with Gasteiger partial charge >= 0.3 is 0 Å². The lowest BCUT2D eigenvalue weighted by Gasteiger charge is -2.23. The summed E-state index contributed by atoms with van der Waals surface area (Å²) in [6, 6.07) is 11.3. The molecule has 1 aliphatic heterocycles. The zero-order valence-electron chi connectivity index (χ0n) is 15.7. The molecule has 1 N–H and O–H groups in total. The van der Waals surface area contributed by atoms with E-state index >= 15 is 0 Å². The molecule has 3 heterocycles. The van der Waals surface area contributed by atoms with Gasteiger partial charge in [-0.3, -0.25) is 14.5 Å². The van der Waals surface area contributed by atoms with E-state index in [1.807, 2.05) is 48.0 Å². The van der Waals surface area contributed by atoms with E-state index in [-0.39, 0.29) is 17.7 Å². The lowest BCUT2D eigenvalue weighted by molar-refractivity contribution is -0.120. The van der Waals surface area contributed by atoms with Gasteiger partial charge < -0.3 is 5.32 Å². The molecule has 0 spiro atoms. The first kappa shape index (κ1) is 18.6. The van der Waals surface area contributed by atoms with Crippen molar-refractivity contribution >= 4 is 28.7 Å². The Morgan fingerprint density at radius 3 is 2.93 bits per heavy atom. The van der Waals surface area contributed by atoms with Crippen LogP contribution in [-0.4, -0.2) is 39.0 Å². The molecule has 1 amide bonds. The highest BCUT2D eigenvalue weighted by Gasteiger charge is 2.31. The smallest absolute Gasteiger partial charge is 0.241 e. The number of carbonyl (C=O) groups is 2. The minimum atomic E-state index is -0.158. The van der Waals surface area contributed by atoms with E-state index in [2.05, 4.69) is 15.3 Å². The van der Waals surface area contributed by atoms with Gasteiger partial charge in [0.15, 0.2) is 5.78 Å². The molecule has 0 radical (unpaired) electrons. The second-order valence-corrected chi connectivity index (χ2v) is 7.91. The number of rotatable bonds is 6. The first-order valence-electron chi connectivity index (χ1n) is 9.33. The summed E-state index contributed by atoms with van der Waals surface area (Å²) in [6.45, 7) is 3.16. The molecule has 1 fully saturated rings. The number of nitrogens with zero attached hydrogens (tertiary/aromatic N) is 3. The fourth-order valence-corrected chi connectivity index (χ4v) is 4.37. The molecule has 1 atom stereocenters. The normalized spacial score (nSPS) is 17.0. The van der Waals surface area contributed by atoms with Crippen molar-refractivity contribution in [3.05, 3.63) is 64.6 Å². The van der Waals surface area contributed by atoms with Gasteiger partial charge in [0.25, 0.3) is 0 Å². The molecule has 28 heavy (non-hydrogen) atoms. The Morgan fingerprint density at radius 2 is 2.18 bits per heavy atom. The Kier molecular flexibility index (Phi) is 5.36. The fraction of sp³-hybridized carbons (Fsp3) is 0.286. The summed E-state index contributed by atoms with van der Waals surface area (Å²) in [5.41, 5.74) is 2.76. The molecule has 1 saturated heterocycles. The van der Waals surface area contributed by atoms with E-state index in [0.29, 0.717) is 6.54 Å². The average Bonchev–Trinajstić information content (AvgIpc) is 3.44. The molecule has 0 saturated carbocycles. The first-order chi connectivity index (χ1) is 13.6. The van der Waals surface area contributed by atoms with Crippen molar-refractivity contribution in [3.63, 3.8) is 0 Å². The molecule has 144 valence electrons. The molecular weight excluding hydrogens is 372 g/mol. The second-order valence-electron chi connectivity index (χ2n) is 6.99. The molecule has 2 aromatic heterocycles. The van der Waals surface area contributed by atoms with Crippen LogP contribution in [0.3, 0.4) is 0 Å². The molecular formula is C21H22N4O2S. The van der Waals surface area contributed by atoms with Crippen LogP contribution in [0.5, 0.6) is 0 Å². The number of Topliss-reactive ketones (excluding diaryl/α,β-unsaturated/α-hetero) is 1. The summed E-state index contributed by atoms with van der Waals surface area (Å²) in [5, 5.41) is 9.29. The number of ketones is 1. The van der Waals surface area contributed by atoms with Gasteiger partial charge in [0.05, 0.1) is 16.6 Å². The monoisotopic (exact) mass is 394 g/mol. The van der Waals surface area contributed by atoms with Gasteiger partial charge in [-0.15, -0.1) is 11.3 Å². The van der Waals surface area contributed by atoms with Crippen LogP contribution in [0.1, 0.15) is 35.0 Å². The summed E-state index contributed by atoms with van der Waals surface area (Å²) in [5.74, 6) is 0.0983. The summed E-state index contributed by atoms with van der Waals surface area (Å²) < 4.78 is 1.76. The van der Waals surface area contributed by atoms with Crippen LogP contribution in [0.15, 0.2) is 54.2 Å². The maximum Gasteiger partial charge on any atom is 0.241 e. The Morgan fingerprint density at radius 1 is 1.29 bits per heavy atom. The van der Waals surface area contributed by atoms with E-state index in [0.717, 1.165) is 41.2 Å². The third-order valence-corrected chi connectivity index (χ3v) is 6.02. The highest BCUT2D eigenvalue weighted by molar-refractivity contribution is 7.12. The molecule has 3 aromatic rings. The van der Waals surface area contributed by atoms with E-state index in [4.69, 9.17) is 0 Å². The van der Waals surface area contributed by atoms with Gasteiger partial charge in [-0.05, 0) is 67.6 Å². The number of carbonyl (C=O) groups excluding carboxylic acids is 2. The van der Waals surface area contributed by atoms with E-state index in [1.165, 1.54) is 11.3 Å². The van der Waals surface area contributed by atoms with E-state index in [1.54, 1.807) is 17.8 Å². The van der Waals surface area contributed by atoms with Crippen molar-refractivity contribution in [2.24, 2.45) is 0 Å². The number of thiophene rings is 1. The summed E-state index contributed by atoms with van der Waals surface area (Å²) in [6.07, 6.45) is 5.43. The highest BCUT2D eigenvalue weighted by Crippen LogP contribution is 2.24. The number of likely N-dealkylation sites (tertiary alicyclic amines) is 1. The van der Waals surface area contributed by atoms with Crippen molar-refractivity contribution in [1.82, 2.24) is 14.7 Å². The van der Waals surface area contributed by atoms with Crippen molar-refractivity contribution in [2.75, 3.05) is 11.9 Å². The van der Waals surface area contributed by atoms with Crippen molar-refractivity contribution in [2.45, 2.75) is 32.4 Å². The van der Waals surface area contributed by atoms with Crippen molar-refractivity contribution in [1.29, 1.82) is 0 Å². The van der Waals surface area contributed by atoms with Gasteiger partial charge in [0, 0.05) is 24.6 Å². The van der Waals surface area contributed by atoms with Crippen LogP contribution in [0.2, 0.25) is 0 Å². The van der Waals surface area contributed by atoms with Crippen LogP contribution < -0.4 is 5.32 Å². The van der Waals surface area contributed by atoms with Gasteiger partial charge in [-0.2, -0.15) is 5.10 Å². The molecule has 1 aliphatic rings. The fourth-order valence-electron chi connectivity index (χ4n) is 3.56. The Balaban J connectivity index is 1.43. The maximum atomic E-state index is 12.9. The molecule has 0 aliphatic carbocycles. The van der Waals surface area contributed by atoms with Crippen LogP contribution in [-0.2, 0) is 11.3 Å². The standard InChI is InChI=1S/C21H22N4O2S/c1-15(26)20-11-16(14-28-20)13-24-9-3-7-19(24)21(27)23-17-5-2-6-18(12-17)25-10-4-8-22-25/h2,4-6,8,10-12,14,19H,3,7,9,13H2,1H3,(H,23,27)/t19-/m0/s1. The summed E-state index contributed by atoms with van der Waals surface area (Å²) in [4.78, 5) is 27.4. The van der Waals surface area contributed by atoms with Gasteiger partial charge in [0.2, 0.25) is 5.91 Å². The van der Waals surface area contributed by atoms with Gasteiger partial charge in [-0.25, -0.2) is 4.68 Å². The molecule has 4 rings (SSSR count). The summed E-state index contributed by atoms with van der Waals surface area (Å²) in [7, 11) is 0. The first-order valence-corrected chi connectivity index (χ1v) is 10.2. The van der Waals surface area contributed by atoms with Crippen LogP contribution in [0.4, 0.5) is 5.69 Å². The SMILES string of the molecule is CC(=O)c1cc(CN2CCC[C@H]2C(=O)Nc2cccc(-n3cccn3)c2)cs1. The number of hydrogen-bond donors (Lipinski definition) is 1. The number of hydrogen-bond acceptors (Lipinski definition) is 5. The predicted octanol–water partition coefficient (Wildman–Crippen LogP) is 3.74. The summed E-state index contributed by atoms with van der Waals surface area (Å²) >= 11 is 1.47. The average molecular weight is 395 g/mol. The third kappa shape index (κ3) is 4.05. The molecule has 7 heteroatoms. The predicted molar refractivity (Wildman–Crippen MR) is 110 cm³/mol. The van der Waals surface area contributed by atoms with Crippen molar-refractivity contribution < 1.29 is 9.59 Å². The number of benzene rings is 1. The third-order valence-electron chi connectivity index (χ3n) is 4.94. The quantitative estimate of drug-likeness (QED) is 0.647. The number of aromatic nitrogens is 2. The van der Waals surface area contributed by atoms with Crippen LogP contribution in [0, 0.1) is 0 Å². The molecule has 6 nitrogen and oxygen atoms in total. The van der Waals surface area contributed by atoms with Gasteiger partial charge in [0.1, 0.15) is 0 Å². The minimum absolute atomic E-state index is 0.0112. The van der Waals surface area contributed by atoms with Gasteiger partial charge in [-0.1, -0.05) is 6.07 Å². The topological polar surface area (TPSA) is 67.2 Å². The van der Waals surface area contributed by atoms with Crippen LogP contribution >= 0.6 is 11.3 Å². The second kappa shape index (κ2) is 8.08. The maximum absolute atomic E-state index is 12.9. The Labute approximate surface area is 167 Å². The van der Waals surface area contributed by atoms with Crippen molar-refractivity contribution in [3.8, 4) is 5.69 Å². The Hall–Kier alpha value is -2.77. The molecule has 0 unspecified atom stereocenters. The highest BCUT2D eigenvalue weighted by atomic mass is 32.1. The zero-order chi connectivity index (χ0) is 19.5. The number of anilines is 1. The lowest BCUT2D eigenvalue weighted by atomic mass is 10.2. The minimum Gasteiger partial charge on any atom is -0.325 e. The van der Waals surface area contributed by atoms with E-state index < -0.39 is 0 Å². The molecule has 0 bridgehead atoms. The number of nitrogens with one attached hydrogen (secondary N) is 1. The van der Waals surface area contributed by atoms with E-state index in [9.17, 15) is 9.59 Å². The molecule has 1 aromatic carbocycles. The number of amides is 1. The zero-order valence-corrected chi connectivity index (χ0v) is 16.5. The largest absolute Gasteiger partial charge is 0.325 e. The Bertz CT molecular complexity index is 980. The van der Waals surface area contributed by atoms with Crippen LogP contribution in [0.25, 0.3) is 5.69 Å².